The van der Waals surface area contributed by atoms with E-state index in [1.54, 1.807) is 13.2 Å². The molecule has 0 atom stereocenters. The predicted octanol–water partition coefficient (Wildman–Crippen LogP) is 3.25. The van der Waals surface area contributed by atoms with Crippen molar-refractivity contribution >= 4 is 29.4 Å². The van der Waals surface area contributed by atoms with Crippen LogP contribution in [0.25, 0.3) is 0 Å². The maximum Gasteiger partial charge on any atom is 0.325 e. The number of hydrogen-bond acceptors (Lipinski definition) is 7. The van der Waals surface area contributed by atoms with Crippen molar-refractivity contribution in [2.45, 2.75) is 11.6 Å². The van der Waals surface area contributed by atoms with Crippen molar-refractivity contribution in [1.29, 1.82) is 0 Å². The average molecular weight is 416 g/mol. The molecule has 2 aromatic carbocycles. The molecule has 0 radical (unpaired) electrons. The third-order valence-corrected chi connectivity index (χ3v) is 4.48. The Kier molecular flexibility index (Phi) is 6.80. The second kappa shape index (κ2) is 9.69. The number of rotatable bonds is 7. The summed E-state index contributed by atoms with van der Waals surface area (Å²) >= 11 is 0.991. The van der Waals surface area contributed by atoms with Crippen LogP contribution in [0.3, 0.4) is 0 Å². The monoisotopic (exact) mass is 416 g/mol. The molecule has 0 spiro atoms. The van der Waals surface area contributed by atoms with E-state index in [1.807, 2.05) is 24.3 Å². The lowest BCUT2D eigenvalue weighted by atomic mass is 10.1. The van der Waals surface area contributed by atoms with Crippen molar-refractivity contribution in [3.8, 4) is 5.75 Å². The number of ether oxygens (including phenoxy) is 1. The predicted molar refractivity (Wildman–Crippen MR) is 104 cm³/mol. The van der Waals surface area contributed by atoms with E-state index in [0.29, 0.717) is 12.3 Å². The Labute approximate surface area is 169 Å². The summed E-state index contributed by atoms with van der Waals surface area (Å²) < 4.78 is 24.1. The first-order chi connectivity index (χ1) is 14.0. The third kappa shape index (κ3) is 6.04. The van der Waals surface area contributed by atoms with Gasteiger partial charge in [-0.3, -0.25) is 10.1 Å². The zero-order valence-electron chi connectivity index (χ0n) is 15.3. The van der Waals surface area contributed by atoms with E-state index in [4.69, 9.17) is 9.15 Å². The number of thioether (sulfide) groups is 1. The Bertz CT molecular complexity index is 994. The van der Waals surface area contributed by atoms with Gasteiger partial charge in [0.2, 0.25) is 11.8 Å². The first-order valence-corrected chi connectivity index (χ1v) is 9.45. The summed E-state index contributed by atoms with van der Waals surface area (Å²) in [5.41, 5.74) is 0.944. The summed E-state index contributed by atoms with van der Waals surface area (Å²) in [6, 6.07) is 12.3. The molecule has 1 heterocycles. The van der Waals surface area contributed by atoms with Gasteiger partial charge in [-0.1, -0.05) is 36.0 Å². The summed E-state index contributed by atoms with van der Waals surface area (Å²) in [4.78, 5) is 23.6. The molecule has 29 heavy (non-hydrogen) atoms. The van der Waals surface area contributed by atoms with Crippen molar-refractivity contribution in [1.82, 2.24) is 15.5 Å². The number of halogens is 1. The number of nitrogens with one attached hydrogen (secondary N) is 2. The minimum Gasteiger partial charge on any atom is -0.497 e. The molecule has 0 saturated heterocycles. The first-order valence-electron chi connectivity index (χ1n) is 8.47. The number of para-hydroxylation sites is 1. The topological polar surface area (TPSA) is 106 Å². The zero-order chi connectivity index (χ0) is 20.6. The van der Waals surface area contributed by atoms with E-state index in [9.17, 15) is 14.0 Å². The average Bonchev–Trinajstić information content (AvgIpc) is 3.16. The van der Waals surface area contributed by atoms with E-state index in [-0.39, 0.29) is 16.7 Å². The molecule has 1 aromatic heterocycles. The highest BCUT2D eigenvalue weighted by atomic mass is 32.2. The SMILES string of the molecule is COc1ccc(Cc2nnc(SCC(=O)NC(=O)Nc3ccccc3F)o2)cc1. The summed E-state index contributed by atoms with van der Waals surface area (Å²) in [7, 11) is 1.59. The van der Waals surface area contributed by atoms with Crippen LogP contribution < -0.4 is 15.4 Å². The minimum atomic E-state index is -0.827. The number of aromatic nitrogens is 2. The quantitative estimate of drug-likeness (QED) is 0.570. The van der Waals surface area contributed by atoms with Gasteiger partial charge >= 0.3 is 6.03 Å². The Morgan fingerprint density at radius 2 is 1.90 bits per heavy atom. The molecule has 3 aromatic rings. The van der Waals surface area contributed by atoms with Crippen molar-refractivity contribution < 1.29 is 23.1 Å². The fraction of sp³-hybridized carbons (Fsp3) is 0.158. The molecule has 3 amide bonds. The number of benzene rings is 2. The number of imide groups is 1. The molecule has 0 bridgehead atoms. The Morgan fingerprint density at radius 3 is 2.62 bits per heavy atom. The third-order valence-electron chi connectivity index (χ3n) is 3.66. The zero-order valence-corrected chi connectivity index (χ0v) is 16.2. The molecule has 2 N–H and O–H groups in total. The van der Waals surface area contributed by atoms with E-state index in [0.717, 1.165) is 23.1 Å². The Balaban J connectivity index is 1.45. The van der Waals surface area contributed by atoms with Crippen molar-refractivity contribution in [2.75, 3.05) is 18.2 Å². The molecule has 0 unspecified atom stereocenters. The van der Waals surface area contributed by atoms with Crippen molar-refractivity contribution in [3.63, 3.8) is 0 Å². The molecule has 0 aliphatic rings. The van der Waals surface area contributed by atoms with Crippen LogP contribution in [-0.2, 0) is 11.2 Å². The molecular weight excluding hydrogens is 399 g/mol. The standard InChI is InChI=1S/C19H17FN4O4S/c1-27-13-8-6-12(7-9-13)10-17-23-24-19(28-17)29-11-16(25)22-18(26)21-15-5-3-2-4-14(15)20/h2-9H,10-11H2,1H3,(H2,21,22,25,26). The summed E-state index contributed by atoms with van der Waals surface area (Å²) in [6.45, 7) is 0. The van der Waals surface area contributed by atoms with Gasteiger partial charge in [-0.25, -0.2) is 9.18 Å². The van der Waals surface area contributed by atoms with Gasteiger partial charge in [-0.2, -0.15) is 0 Å². The summed E-state index contributed by atoms with van der Waals surface area (Å²) in [5, 5.41) is 12.4. The van der Waals surface area contributed by atoms with Crippen LogP contribution in [0.15, 0.2) is 58.2 Å². The van der Waals surface area contributed by atoms with Crippen molar-refractivity contribution in [3.05, 3.63) is 65.8 Å². The summed E-state index contributed by atoms with van der Waals surface area (Å²) in [5.74, 6) is -0.149. The highest BCUT2D eigenvalue weighted by Gasteiger charge is 2.13. The van der Waals surface area contributed by atoms with Gasteiger partial charge in [0.1, 0.15) is 11.6 Å². The molecule has 0 saturated carbocycles. The minimum absolute atomic E-state index is 0.0227. The number of anilines is 1. The number of carbonyl (C=O) groups excluding carboxylic acids is 2. The lowest BCUT2D eigenvalue weighted by molar-refractivity contribution is -0.117. The molecule has 8 nitrogen and oxygen atoms in total. The normalized spacial score (nSPS) is 10.4. The van der Waals surface area contributed by atoms with Crippen molar-refractivity contribution in [2.24, 2.45) is 0 Å². The highest BCUT2D eigenvalue weighted by Crippen LogP contribution is 2.19. The summed E-state index contributed by atoms with van der Waals surface area (Å²) in [6.07, 6.45) is 0.439. The molecule has 0 aliphatic carbocycles. The lowest BCUT2D eigenvalue weighted by Gasteiger charge is -2.06. The number of urea groups is 1. The Hall–Kier alpha value is -3.40. The largest absolute Gasteiger partial charge is 0.497 e. The van der Waals surface area contributed by atoms with E-state index >= 15 is 0 Å². The number of amides is 3. The fourth-order valence-electron chi connectivity index (χ4n) is 2.29. The number of carbonyl (C=O) groups is 2. The van der Waals surface area contributed by atoms with Crippen LogP contribution in [0, 0.1) is 5.82 Å². The maximum absolute atomic E-state index is 13.5. The molecule has 0 fully saturated rings. The molecule has 3 rings (SSSR count). The van der Waals surface area contributed by atoms with Crippen LogP contribution >= 0.6 is 11.8 Å². The van der Waals surface area contributed by atoms with Gasteiger partial charge in [0.05, 0.1) is 25.0 Å². The molecule has 10 heteroatoms. The number of nitrogens with zero attached hydrogens (tertiary/aromatic N) is 2. The van der Waals surface area contributed by atoms with Gasteiger partial charge in [0, 0.05) is 0 Å². The molecule has 0 aliphatic heterocycles. The highest BCUT2D eigenvalue weighted by molar-refractivity contribution is 7.99. The Morgan fingerprint density at radius 1 is 1.14 bits per heavy atom. The van der Waals surface area contributed by atoms with Gasteiger partial charge in [-0.05, 0) is 29.8 Å². The first kappa shape index (κ1) is 20.3. The van der Waals surface area contributed by atoms with Crippen LogP contribution in [0.1, 0.15) is 11.5 Å². The van der Waals surface area contributed by atoms with Gasteiger partial charge in [-0.15, -0.1) is 10.2 Å². The number of hydrogen-bond donors (Lipinski definition) is 2. The van der Waals surface area contributed by atoms with Crippen LogP contribution in [0.5, 0.6) is 5.75 Å². The van der Waals surface area contributed by atoms with Crippen LogP contribution in [0.2, 0.25) is 0 Å². The maximum atomic E-state index is 13.5. The second-order valence-corrected chi connectivity index (χ2v) is 6.68. The van der Waals surface area contributed by atoms with E-state index in [1.165, 1.54) is 18.2 Å². The lowest BCUT2D eigenvalue weighted by Crippen LogP contribution is -2.35. The van der Waals surface area contributed by atoms with Gasteiger partial charge in [0.15, 0.2) is 0 Å². The van der Waals surface area contributed by atoms with E-state index in [2.05, 4.69) is 20.8 Å². The van der Waals surface area contributed by atoms with Gasteiger partial charge in [0.25, 0.3) is 5.22 Å². The number of methoxy groups -OCH3 is 1. The second-order valence-electron chi connectivity index (χ2n) is 5.76. The molecular formula is C19H17FN4O4S. The van der Waals surface area contributed by atoms with Crippen LogP contribution in [0.4, 0.5) is 14.9 Å². The fourth-order valence-corrected chi connectivity index (χ4v) is 2.87. The van der Waals surface area contributed by atoms with Gasteiger partial charge < -0.3 is 14.5 Å². The smallest absolute Gasteiger partial charge is 0.325 e. The van der Waals surface area contributed by atoms with Crippen LogP contribution in [-0.4, -0.2) is 35.0 Å². The van der Waals surface area contributed by atoms with E-state index < -0.39 is 17.8 Å². The molecule has 150 valence electrons.